The van der Waals surface area contributed by atoms with Gasteiger partial charge in [-0.1, -0.05) is 12.1 Å². The molecule has 0 unspecified atom stereocenters. The van der Waals surface area contributed by atoms with Crippen molar-refractivity contribution in [3.8, 4) is 17.0 Å². The largest absolute Gasteiger partial charge is 0.496 e. The summed E-state index contributed by atoms with van der Waals surface area (Å²) in [6, 6.07) is 11.5. The van der Waals surface area contributed by atoms with Crippen LogP contribution in [0, 0.1) is 0 Å². The molecule has 7 nitrogen and oxygen atoms in total. The second kappa shape index (κ2) is 6.76. The van der Waals surface area contributed by atoms with Crippen LogP contribution in [0.3, 0.4) is 0 Å². The highest BCUT2D eigenvalue weighted by molar-refractivity contribution is 6.04. The zero-order chi connectivity index (χ0) is 18.1. The first kappa shape index (κ1) is 16.5. The monoisotopic (exact) mass is 352 g/mol. The number of benzene rings is 1. The summed E-state index contributed by atoms with van der Waals surface area (Å²) in [4.78, 5) is 19.3. The van der Waals surface area contributed by atoms with E-state index < -0.39 is 0 Å². The highest BCUT2D eigenvalue weighted by atomic mass is 16.5. The number of fused-ring (bicyclic) bond motifs is 1. The predicted octanol–water partition coefficient (Wildman–Crippen LogP) is 2.12. The number of rotatable bonds is 3. The van der Waals surface area contributed by atoms with Gasteiger partial charge in [-0.05, 0) is 24.3 Å². The average molecular weight is 352 g/mol. The molecule has 0 aliphatic carbocycles. The van der Waals surface area contributed by atoms with Gasteiger partial charge in [-0.15, -0.1) is 0 Å². The van der Waals surface area contributed by atoms with Gasteiger partial charge in [0.05, 0.1) is 31.4 Å². The van der Waals surface area contributed by atoms with Crippen LogP contribution < -0.4 is 4.74 Å². The van der Waals surface area contributed by atoms with Crippen LogP contribution in [0.1, 0.15) is 10.5 Å². The first-order valence-corrected chi connectivity index (χ1v) is 8.53. The minimum atomic E-state index is -0.0780. The second-order valence-electron chi connectivity index (χ2n) is 6.14. The molecule has 1 amide bonds. The van der Waals surface area contributed by atoms with Crippen molar-refractivity contribution in [1.82, 2.24) is 19.7 Å². The van der Waals surface area contributed by atoms with Crippen LogP contribution in [-0.4, -0.2) is 59.0 Å². The van der Waals surface area contributed by atoms with Crippen LogP contribution in [0.2, 0.25) is 0 Å². The van der Waals surface area contributed by atoms with E-state index in [1.165, 1.54) is 0 Å². The standard InChI is InChI=1S/C19H20N4O3/c1-22-18-14(17(21-22)19(24)23-9-11-26-12-10-23)7-8-15(20-18)13-5-3-4-6-16(13)25-2/h3-8H,9-12H2,1-2H3. The highest BCUT2D eigenvalue weighted by Gasteiger charge is 2.24. The molecule has 0 atom stereocenters. The first-order valence-electron chi connectivity index (χ1n) is 8.53. The number of aryl methyl sites for hydroxylation is 1. The Kier molecular flexibility index (Phi) is 4.30. The van der Waals surface area contributed by atoms with Crippen LogP contribution in [0.5, 0.6) is 5.75 Å². The van der Waals surface area contributed by atoms with Gasteiger partial charge >= 0.3 is 0 Å². The van der Waals surface area contributed by atoms with E-state index in [0.29, 0.717) is 37.6 Å². The molecule has 0 radical (unpaired) electrons. The third-order valence-corrected chi connectivity index (χ3v) is 4.57. The summed E-state index contributed by atoms with van der Waals surface area (Å²) in [5, 5.41) is 5.19. The van der Waals surface area contributed by atoms with Gasteiger partial charge < -0.3 is 14.4 Å². The number of nitrogens with zero attached hydrogens (tertiary/aromatic N) is 4. The topological polar surface area (TPSA) is 69.5 Å². The normalized spacial score (nSPS) is 14.6. The van der Waals surface area contributed by atoms with E-state index in [9.17, 15) is 4.79 Å². The third kappa shape index (κ3) is 2.80. The number of hydrogen-bond donors (Lipinski definition) is 0. The van der Waals surface area contributed by atoms with Gasteiger partial charge in [0.15, 0.2) is 11.3 Å². The third-order valence-electron chi connectivity index (χ3n) is 4.57. The van der Waals surface area contributed by atoms with Gasteiger partial charge in [-0.25, -0.2) is 9.67 Å². The van der Waals surface area contributed by atoms with E-state index in [1.807, 2.05) is 36.4 Å². The van der Waals surface area contributed by atoms with Crippen molar-refractivity contribution in [1.29, 1.82) is 0 Å². The van der Waals surface area contributed by atoms with Crippen molar-refractivity contribution in [3.05, 3.63) is 42.1 Å². The Morgan fingerprint density at radius 3 is 2.69 bits per heavy atom. The van der Waals surface area contributed by atoms with E-state index in [1.54, 1.807) is 23.7 Å². The first-order chi connectivity index (χ1) is 12.7. The molecule has 0 N–H and O–H groups in total. The van der Waals surface area contributed by atoms with Crippen LogP contribution in [0.15, 0.2) is 36.4 Å². The van der Waals surface area contributed by atoms with E-state index in [0.717, 1.165) is 22.4 Å². The summed E-state index contributed by atoms with van der Waals surface area (Å²) in [5.41, 5.74) is 2.79. The Morgan fingerprint density at radius 2 is 1.92 bits per heavy atom. The van der Waals surface area contributed by atoms with Gasteiger partial charge in [0, 0.05) is 25.7 Å². The van der Waals surface area contributed by atoms with Crippen molar-refractivity contribution in [3.63, 3.8) is 0 Å². The zero-order valence-electron chi connectivity index (χ0n) is 14.8. The smallest absolute Gasteiger partial charge is 0.275 e. The van der Waals surface area contributed by atoms with Crippen molar-refractivity contribution in [2.45, 2.75) is 0 Å². The summed E-state index contributed by atoms with van der Waals surface area (Å²) in [6.45, 7) is 2.30. The molecule has 2 aromatic heterocycles. The van der Waals surface area contributed by atoms with Crippen molar-refractivity contribution in [2.24, 2.45) is 7.05 Å². The Balaban J connectivity index is 1.76. The van der Waals surface area contributed by atoms with Crippen molar-refractivity contribution in [2.75, 3.05) is 33.4 Å². The number of carbonyl (C=O) groups excluding carboxylic acids is 1. The Morgan fingerprint density at radius 1 is 1.15 bits per heavy atom. The molecule has 134 valence electrons. The molecule has 3 aromatic rings. The minimum Gasteiger partial charge on any atom is -0.496 e. The number of aromatic nitrogens is 3. The number of methoxy groups -OCH3 is 1. The molecule has 1 aliphatic rings. The quantitative estimate of drug-likeness (QED) is 0.722. The maximum atomic E-state index is 12.8. The lowest BCUT2D eigenvalue weighted by Gasteiger charge is -2.26. The number of hydrogen-bond acceptors (Lipinski definition) is 5. The second-order valence-corrected chi connectivity index (χ2v) is 6.14. The van der Waals surface area contributed by atoms with Gasteiger partial charge in [0.2, 0.25) is 0 Å². The molecular formula is C19H20N4O3. The number of amides is 1. The predicted molar refractivity (Wildman–Crippen MR) is 97.2 cm³/mol. The zero-order valence-corrected chi connectivity index (χ0v) is 14.8. The molecule has 0 spiro atoms. The van der Waals surface area contributed by atoms with E-state index in [2.05, 4.69) is 5.10 Å². The Bertz CT molecular complexity index is 961. The molecule has 26 heavy (non-hydrogen) atoms. The van der Waals surface area contributed by atoms with E-state index in [-0.39, 0.29) is 5.91 Å². The fourth-order valence-electron chi connectivity index (χ4n) is 3.21. The maximum Gasteiger partial charge on any atom is 0.275 e. The molecule has 1 saturated heterocycles. The number of pyridine rings is 1. The van der Waals surface area contributed by atoms with Gasteiger partial charge in [-0.2, -0.15) is 5.10 Å². The van der Waals surface area contributed by atoms with Crippen molar-refractivity contribution >= 4 is 16.9 Å². The molecule has 7 heteroatoms. The summed E-state index contributed by atoms with van der Waals surface area (Å²) < 4.78 is 12.4. The fourth-order valence-corrected chi connectivity index (χ4v) is 3.21. The summed E-state index contributed by atoms with van der Waals surface area (Å²) in [6.07, 6.45) is 0. The molecule has 0 bridgehead atoms. The average Bonchev–Trinajstić information content (AvgIpc) is 3.04. The number of morpholine rings is 1. The minimum absolute atomic E-state index is 0.0780. The van der Waals surface area contributed by atoms with Crippen LogP contribution in [0.4, 0.5) is 0 Å². The van der Waals surface area contributed by atoms with Gasteiger partial charge in [0.25, 0.3) is 5.91 Å². The highest BCUT2D eigenvalue weighted by Crippen LogP contribution is 2.30. The van der Waals surface area contributed by atoms with Crippen LogP contribution in [-0.2, 0) is 11.8 Å². The number of para-hydroxylation sites is 1. The lowest BCUT2D eigenvalue weighted by atomic mass is 10.1. The SMILES string of the molecule is COc1ccccc1-c1ccc2c(C(=O)N3CCOCC3)nn(C)c2n1. The number of carbonyl (C=O) groups is 1. The van der Waals surface area contributed by atoms with E-state index >= 15 is 0 Å². The van der Waals surface area contributed by atoms with Crippen LogP contribution in [0.25, 0.3) is 22.3 Å². The maximum absolute atomic E-state index is 12.8. The lowest BCUT2D eigenvalue weighted by Crippen LogP contribution is -2.40. The number of ether oxygens (including phenoxy) is 2. The summed E-state index contributed by atoms with van der Waals surface area (Å²) in [7, 11) is 3.44. The molecule has 3 heterocycles. The van der Waals surface area contributed by atoms with Gasteiger partial charge in [0.1, 0.15) is 5.75 Å². The molecule has 1 fully saturated rings. The molecule has 0 saturated carbocycles. The lowest BCUT2D eigenvalue weighted by molar-refractivity contribution is 0.0300. The summed E-state index contributed by atoms with van der Waals surface area (Å²) >= 11 is 0. The summed E-state index contributed by atoms with van der Waals surface area (Å²) in [5.74, 6) is 0.678. The molecule has 1 aliphatic heterocycles. The molecular weight excluding hydrogens is 332 g/mol. The fraction of sp³-hybridized carbons (Fsp3) is 0.316. The van der Waals surface area contributed by atoms with Crippen LogP contribution >= 0.6 is 0 Å². The Hall–Kier alpha value is -2.93. The van der Waals surface area contributed by atoms with Crippen molar-refractivity contribution < 1.29 is 14.3 Å². The van der Waals surface area contributed by atoms with E-state index in [4.69, 9.17) is 14.5 Å². The molecule has 4 rings (SSSR count). The van der Waals surface area contributed by atoms with Gasteiger partial charge in [-0.3, -0.25) is 4.79 Å². The Labute approximate surface area is 151 Å². The molecule has 1 aromatic carbocycles.